The summed E-state index contributed by atoms with van der Waals surface area (Å²) in [6.07, 6.45) is 5.84. The Labute approximate surface area is 389 Å². The zero-order valence-electron chi connectivity index (χ0n) is 36.8. The molecule has 0 heterocycles. The molecule has 0 fully saturated rings. The summed E-state index contributed by atoms with van der Waals surface area (Å²) < 4.78 is 0. The van der Waals surface area contributed by atoms with E-state index in [0.29, 0.717) is 5.92 Å². The summed E-state index contributed by atoms with van der Waals surface area (Å²) in [7, 11) is 0. The number of hydrogen-bond acceptors (Lipinski definition) is 0. The van der Waals surface area contributed by atoms with Gasteiger partial charge in [-0.25, -0.2) is 0 Å². The molecule has 10 aromatic carbocycles. The van der Waals surface area contributed by atoms with E-state index in [4.69, 9.17) is 0 Å². The Bertz CT molecular complexity index is 3340. The first-order valence-electron chi connectivity index (χ1n) is 23.0. The molecule has 1 aliphatic carbocycles. The van der Waals surface area contributed by atoms with Gasteiger partial charge in [0, 0.05) is 5.92 Å². The van der Waals surface area contributed by atoms with Gasteiger partial charge in [0.15, 0.2) is 0 Å². The summed E-state index contributed by atoms with van der Waals surface area (Å²) in [4.78, 5) is 0. The van der Waals surface area contributed by atoms with E-state index in [-0.39, 0.29) is 0 Å². The van der Waals surface area contributed by atoms with Crippen molar-refractivity contribution < 1.29 is 0 Å². The second-order valence-electron chi connectivity index (χ2n) is 17.3. The van der Waals surface area contributed by atoms with Crippen LogP contribution in [0.15, 0.2) is 273 Å². The van der Waals surface area contributed by atoms with Crippen LogP contribution in [0.2, 0.25) is 0 Å². The molecule has 0 saturated heterocycles. The molecule has 0 spiro atoms. The van der Waals surface area contributed by atoms with Crippen LogP contribution in [-0.4, -0.2) is 0 Å². The van der Waals surface area contributed by atoms with Crippen LogP contribution in [-0.2, 0) is 0 Å². The monoisotopic (exact) mass is 840 g/mol. The average Bonchev–Trinajstić information content (AvgIpc) is 3.42. The lowest BCUT2D eigenvalue weighted by molar-refractivity contribution is 0.871. The Morgan fingerprint density at radius 1 is 0.227 bits per heavy atom. The summed E-state index contributed by atoms with van der Waals surface area (Å²) in [6.45, 7) is 0. The molecule has 1 aliphatic rings. The summed E-state index contributed by atoms with van der Waals surface area (Å²) in [5, 5.41) is 0. The molecule has 10 aromatic rings. The Kier molecular flexibility index (Phi) is 11.3. The average molecular weight is 841 g/mol. The van der Waals surface area contributed by atoms with E-state index in [1.54, 1.807) is 0 Å². The minimum atomic E-state index is 0.307. The highest BCUT2D eigenvalue weighted by Gasteiger charge is 2.20. The van der Waals surface area contributed by atoms with E-state index in [0.717, 1.165) is 6.42 Å². The second kappa shape index (κ2) is 18.4. The molecular weight excluding hydrogens is 793 g/mol. The van der Waals surface area contributed by atoms with E-state index in [9.17, 15) is 0 Å². The van der Waals surface area contributed by atoms with Crippen molar-refractivity contribution >= 4 is 11.1 Å². The van der Waals surface area contributed by atoms with E-state index in [2.05, 4.69) is 273 Å². The Morgan fingerprint density at radius 3 is 0.970 bits per heavy atom. The van der Waals surface area contributed by atoms with Gasteiger partial charge >= 0.3 is 0 Å². The van der Waals surface area contributed by atoms with Crippen molar-refractivity contribution in [2.45, 2.75) is 12.3 Å². The molecule has 0 heteroatoms. The standard InChI is InChI=1S/C66H48/c1-5-17-47(18-6-1)51-33-35-52(36-34-51)64-42-63(50-23-11-4-12-24-50)45-66(46-64)60-32-16-30-58(40-60)56-28-14-26-54(38-56)53-25-13-27-55(37-53)57-29-15-31-59(39-57)65-43-61(48-19-7-2-8-20-48)41-62(44-65)49-21-9-3-10-22-49/h1-40,42-46,61H,41H2. The van der Waals surface area contributed by atoms with Crippen molar-refractivity contribution in [3.8, 4) is 77.9 Å². The smallest absolute Gasteiger partial charge is 0.00678 e. The van der Waals surface area contributed by atoms with Gasteiger partial charge in [-0.15, -0.1) is 0 Å². The molecular formula is C66H48. The number of benzene rings is 10. The third kappa shape index (κ3) is 8.78. The highest BCUT2D eigenvalue weighted by molar-refractivity contribution is 5.89. The predicted octanol–water partition coefficient (Wildman–Crippen LogP) is 18.0. The van der Waals surface area contributed by atoms with Gasteiger partial charge < -0.3 is 0 Å². The number of allylic oxidation sites excluding steroid dienone is 4. The fraction of sp³-hybridized carbons (Fsp3) is 0.0303. The van der Waals surface area contributed by atoms with E-state index < -0.39 is 0 Å². The lowest BCUT2D eigenvalue weighted by Gasteiger charge is -2.23. The molecule has 11 rings (SSSR count). The Balaban J connectivity index is 0.899. The Morgan fingerprint density at radius 2 is 0.515 bits per heavy atom. The largest absolute Gasteiger partial charge is 0.0688 e. The van der Waals surface area contributed by atoms with Gasteiger partial charge in [-0.2, -0.15) is 0 Å². The van der Waals surface area contributed by atoms with E-state index in [1.807, 2.05) is 0 Å². The zero-order valence-corrected chi connectivity index (χ0v) is 36.8. The highest BCUT2D eigenvalue weighted by atomic mass is 14.2. The van der Waals surface area contributed by atoms with Crippen LogP contribution < -0.4 is 0 Å². The van der Waals surface area contributed by atoms with Crippen LogP contribution in [0, 0.1) is 0 Å². The van der Waals surface area contributed by atoms with Crippen LogP contribution in [0.4, 0.5) is 0 Å². The van der Waals surface area contributed by atoms with Gasteiger partial charge in [-0.1, -0.05) is 231 Å². The van der Waals surface area contributed by atoms with Gasteiger partial charge in [-0.3, -0.25) is 0 Å². The van der Waals surface area contributed by atoms with Crippen LogP contribution >= 0.6 is 0 Å². The highest BCUT2D eigenvalue weighted by Crippen LogP contribution is 2.41. The third-order valence-electron chi connectivity index (χ3n) is 13.0. The molecule has 0 aromatic heterocycles. The zero-order chi connectivity index (χ0) is 44.1. The van der Waals surface area contributed by atoms with Gasteiger partial charge in [-0.05, 0) is 155 Å². The van der Waals surface area contributed by atoms with Crippen LogP contribution in [0.5, 0.6) is 0 Å². The predicted molar refractivity (Wildman–Crippen MR) is 281 cm³/mol. The minimum absolute atomic E-state index is 0.307. The summed E-state index contributed by atoms with van der Waals surface area (Å²) in [5.74, 6) is 0.307. The van der Waals surface area contributed by atoms with Crippen LogP contribution in [0.1, 0.15) is 29.0 Å². The number of rotatable bonds is 10. The number of hydrogen-bond donors (Lipinski definition) is 0. The van der Waals surface area contributed by atoms with Crippen LogP contribution in [0.3, 0.4) is 0 Å². The third-order valence-corrected chi connectivity index (χ3v) is 13.0. The quantitative estimate of drug-likeness (QED) is 0.129. The molecule has 0 radical (unpaired) electrons. The molecule has 66 heavy (non-hydrogen) atoms. The molecule has 0 nitrogen and oxygen atoms in total. The first-order chi connectivity index (χ1) is 32.7. The maximum absolute atomic E-state index is 2.46. The molecule has 1 atom stereocenters. The summed E-state index contributed by atoms with van der Waals surface area (Å²) in [6, 6.07) is 95.0. The van der Waals surface area contributed by atoms with Gasteiger partial charge in [0.05, 0.1) is 0 Å². The SMILES string of the molecule is C1=C(c2cccc(-c3cccc(-c4cccc(-c5cccc(-c6cc(-c7ccccc7)cc(-c7ccc(-c8ccccc8)cc7)c6)c5)c4)c3)c2)C=C(c2ccccc2)CC1c1ccccc1. The maximum Gasteiger partial charge on any atom is 0.00678 e. The fourth-order valence-corrected chi connectivity index (χ4v) is 9.51. The lowest BCUT2D eigenvalue weighted by atomic mass is 9.81. The molecule has 0 saturated carbocycles. The first-order valence-corrected chi connectivity index (χ1v) is 23.0. The molecule has 312 valence electrons. The molecule has 0 amide bonds. The van der Waals surface area contributed by atoms with E-state index >= 15 is 0 Å². The van der Waals surface area contributed by atoms with Gasteiger partial charge in [0.2, 0.25) is 0 Å². The molecule has 0 N–H and O–H groups in total. The normalized spacial score (nSPS) is 13.4. The molecule has 0 bridgehead atoms. The van der Waals surface area contributed by atoms with Crippen molar-refractivity contribution in [3.05, 3.63) is 290 Å². The van der Waals surface area contributed by atoms with Crippen molar-refractivity contribution in [2.24, 2.45) is 0 Å². The van der Waals surface area contributed by atoms with E-state index in [1.165, 1.54) is 106 Å². The van der Waals surface area contributed by atoms with Crippen molar-refractivity contribution in [3.63, 3.8) is 0 Å². The first kappa shape index (κ1) is 40.5. The summed E-state index contributed by atoms with van der Waals surface area (Å²) >= 11 is 0. The maximum atomic E-state index is 2.46. The molecule has 1 unspecified atom stereocenters. The van der Waals surface area contributed by atoms with Crippen molar-refractivity contribution in [1.82, 2.24) is 0 Å². The Hall–Kier alpha value is -8.32. The minimum Gasteiger partial charge on any atom is -0.0688 e. The second-order valence-corrected chi connectivity index (χ2v) is 17.3. The van der Waals surface area contributed by atoms with Gasteiger partial charge in [0.1, 0.15) is 0 Å². The summed E-state index contributed by atoms with van der Waals surface area (Å²) in [5.41, 5.74) is 23.3. The van der Waals surface area contributed by atoms with Crippen LogP contribution in [0.25, 0.3) is 89.0 Å². The van der Waals surface area contributed by atoms with Crippen molar-refractivity contribution in [1.29, 1.82) is 0 Å². The topological polar surface area (TPSA) is 0 Å². The fourth-order valence-electron chi connectivity index (χ4n) is 9.51. The van der Waals surface area contributed by atoms with Gasteiger partial charge in [0.25, 0.3) is 0 Å². The molecule has 0 aliphatic heterocycles. The lowest BCUT2D eigenvalue weighted by Crippen LogP contribution is -2.03. The van der Waals surface area contributed by atoms with Crippen molar-refractivity contribution in [2.75, 3.05) is 0 Å².